The summed E-state index contributed by atoms with van der Waals surface area (Å²) in [6.07, 6.45) is 2.66. The minimum atomic E-state index is -0.330. The molecule has 1 heterocycles. The van der Waals surface area contributed by atoms with Crippen LogP contribution in [0.5, 0.6) is 0 Å². The lowest BCUT2D eigenvalue weighted by molar-refractivity contribution is 0.0988. The van der Waals surface area contributed by atoms with Gasteiger partial charge in [0.05, 0.1) is 11.9 Å². The van der Waals surface area contributed by atoms with Gasteiger partial charge in [0.2, 0.25) is 0 Å². The molecule has 0 bridgehead atoms. The van der Waals surface area contributed by atoms with Crippen molar-refractivity contribution < 1.29 is 9.18 Å². The maximum atomic E-state index is 12.9. The number of anilines is 2. The molecule has 1 amide bonds. The molecule has 0 saturated carbocycles. The Balaban J connectivity index is 2.10. The number of hydrogen-bond acceptors (Lipinski definition) is 3. The highest BCUT2D eigenvalue weighted by molar-refractivity contribution is 6.04. The van der Waals surface area contributed by atoms with E-state index >= 15 is 0 Å². The van der Waals surface area contributed by atoms with Crippen molar-refractivity contribution in [1.29, 1.82) is 0 Å². The second-order valence-electron chi connectivity index (χ2n) is 4.70. The molecule has 110 valence electrons. The molecule has 0 aliphatic carbocycles. The highest BCUT2D eigenvalue weighted by atomic mass is 19.1. The van der Waals surface area contributed by atoms with Gasteiger partial charge in [-0.05, 0) is 42.8 Å². The number of benzene rings is 1. The normalized spacial score (nSPS) is 10.2. The second kappa shape index (κ2) is 6.83. The molecular formula is C16H18FN3O. The van der Waals surface area contributed by atoms with Crippen LogP contribution >= 0.6 is 0 Å². The summed E-state index contributed by atoms with van der Waals surface area (Å²) >= 11 is 0. The van der Waals surface area contributed by atoms with E-state index in [-0.39, 0.29) is 11.7 Å². The molecule has 0 fully saturated rings. The number of rotatable bonds is 5. The Bertz CT molecular complexity index is 596. The van der Waals surface area contributed by atoms with Gasteiger partial charge in [-0.15, -0.1) is 0 Å². The van der Waals surface area contributed by atoms with Crippen LogP contribution in [0.15, 0.2) is 42.6 Å². The molecule has 0 atom stereocenters. The van der Waals surface area contributed by atoms with Crippen LogP contribution in [0.25, 0.3) is 0 Å². The second-order valence-corrected chi connectivity index (χ2v) is 4.70. The van der Waals surface area contributed by atoms with Crippen molar-refractivity contribution in [1.82, 2.24) is 4.98 Å². The number of carbonyl (C=O) groups excluding carboxylic acids is 1. The van der Waals surface area contributed by atoms with Crippen LogP contribution in [0.1, 0.15) is 23.8 Å². The average molecular weight is 287 g/mol. The van der Waals surface area contributed by atoms with Crippen LogP contribution in [-0.2, 0) is 0 Å². The molecule has 1 aromatic heterocycles. The maximum absolute atomic E-state index is 12.9. The Labute approximate surface area is 123 Å². The zero-order valence-electron chi connectivity index (χ0n) is 12.1. The smallest absolute Gasteiger partial charge is 0.276 e. The van der Waals surface area contributed by atoms with E-state index in [9.17, 15) is 9.18 Å². The minimum Gasteiger partial charge on any atom is -0.384 e. The van der Waals surface area contributed by atoms with Gasteiger partial charge in [0.1, 0.15) is 11.5 Å². The van der Waals surface area contributed by atoms with Crippen molar-refractivity contribution in [3.8, 4) is 0 Å². The Morgan fingerprint density at radius 2 is 1.95 bits per heavy atom. The standard InChI is InChI=1S/C16H18FN3O/c1-3-10-18-13-6-9-15(19-11-13)16(21)20(2)14-7-4-12(17)5-8-14/h4-9,11,18H,3,10H2,1-2H3. The third-order valence-corrected chi connectivity index (χ3v) is 3.08. The predicted octanol–water partition coefficient (Wildman–Crippen LogP) is 3.32. The first-order chi connectivity index (χ1) is 10.1. The van der Waals surface area contributed by atoms with Crippen LogP contribution in [0.4, 0.5) is 15.8 Å². The maximum Gasteiger partial charge on any atom is 0.276 e. The molecule has 1 N–H and O–H groups in total. The number of halogens is 1. The van der Waals surface area contributed by atoms with Gasteiger partial charge in [0, 0.05) is 19.3 Å². The highest BCUT2D eigenvalue weighted by Gasteiger charge is 2.14. The Morgan fingerprint density at radius 1 is 1.24 bits per heavy atom. The van der Waals surface area contributed by atoms with Crippen molar-refractivity contribution >= 4 is 17.3 Å². The van der Waals surface area contributed by atoms with Crippen molar-refractivity contribution in [3.63, 3.8) is 0 Å². The van der Waals surface area contributed by atoms with E-state index in [2.05, 4.69) is 17.2 Å². The Kier molecular flexibility index (Phi) is 4.87. The van der Waals surface area contributed by atoms with Gasteiger partial charge in [-0.3, -0.25) is 4.79 Å². The van der Waals surface area contributed by atoms with Gasteiger partial charge in [-0.25, -0.2) is 9.37 Å². The van der Waals surface area contributed by atoms with Crippen LogP contribution in [0, 0.1) is 5.82 Å². The molecule has 4 nitrogen and oxygen atoms in total. The molecule has 0 aliphatic heterocycles. The molecular weight excluding hydrogens is 269 g/mol. The average Bonchev–Trinajstić information content (AvgIpc) is 2.53. The van der Waals surface area contributed by atoms with E-state index in [0.29, 0.717) is 11.4 Å². The van der Waals surface area contributed by atoms with Crippen molar-refractivity contribution in [2.45, 2.75) is 13.3 Å². The van der Waals surface area contributed by atoms with Gasteiger partial charge in [-0.1, -0.05) is 6.92 Å². The van der Waals surface area contributed by atoms with Gasteiger partial charge < -0.3 is 10.2 Å². The Morgan fingerprint density at radius 3 is 2.52 bits per heavy atom. The third kappa shape index (κ3) is 3.78. The topological polar surface area (TPSA) is 45.2 Å². The molecule has 2 rings (SSSR count). The van der Waals surface area contributed by atoms with E-state index < -0.39 is 0 Å². The monoisotopic (exact) mass is 287 g/mol. The summed E-state index contributed by atoms with van der Waals surface area (Å²) in [5.41, 5.74) is 1.86. The molecule has 0 unspecified atom stereocenters. The number of amides is 1. The fraction of sp³-hybridized carbons (Fsp3) is 0.250. The number of aromatic nitrogens is 1. The zero-order valence-corrected chi connectivity index (χ0v) is 12.1. The van der Waals surface area contributed by atoms with E-state index in [0.717, 1.165) is 18.7 Å². The SMILES string of the molecule is CCCNc1ccc(C(=O)N(C)c2ccc(F)cc2)nc1. The molecule has 2 aromatic rings. The first kappa shape index (κ1) is 15.0. The first-order valence-electron chi connectivity index (χ1n) is 6.85. The summed E-state index contributed by atoms with van der Waals surface area (Å²) in [5.74, 6) is -0.562. The quantitative estimate of drug-likeness (QED) is 0.917. The lowest BCUT2D eigenvalue weighted by Crippen LogP contribution is -2.27. The van der Waals surface area contributed by atoms with Crippen LogP contribution < -0.4 is 10.2 Å². The fourth-order valence-corrected chi connectivity index (χ4v) is 1.85. The van der Waals surface area contributed by atoms with Crippen molar-refractivity contribution in [2.24, 2.45) is 0 Å². The summed E-state index contributed by atoms with van der Waals surface area (Å²) in [5, 5.41) is 3.20. The number of nitrogens with one attached hydrogen (secondary N) is 1. The van der Waals surface area contributed by atoms with Crippen LogP contribution in [0.2, 0.25) is 0 Å². The molecule has 0 radical (unpaired) electrons. The zero-order chi connectivity index (χ0) is 15.2. The molecule has 0 aliphatic rings. The van der Waals surface area contributed by atoms with Gasteiger partial charge in [0.15, 0.2) is 0 Å². The summed E-state index contributed by atoms with van der Waals surface area (Å²) < 4.78 is 12.9. The minimum absolute atomic E-state index is 0.233. The fourth-order valence-electron chi connectivity index (χ4n) is 1.85. The van der Waals surface area contributed by atoms with Crippen molar-refractivity contribution in [2.75, 3.05) is 23.8 Å². The summed E-state index contributed by atoms with van der Waals surface area (Å²) in [4.78, 5) is 17.9. The number of pyridine rings is 1. The highest BCUT2D eigenvalue weighted by Crippen LogP contribution is 2.16. The lowest BCUT2D eigenvalue weighted by atomic mass is 10.2. The largest absolute Gasteiger partial charge is 0.384 e. The molecule has 0 spiro atoms. The van der Waals surface area contributed by atoms with E-state index in [1.807, 2.05) is 6.07 Å². The molecule has 0 saturated heterocycles. The number of nitrogens with zero attached hydrogens (tertiary/aromatic N) is 2. The first-order valence-corrected chi connectivity index (χ1v) is 6.85. The van der Waals surface area contributed by atoms with Crippen LogP contribution in [0.3, 0.4) is 0 Å². The Hall–Kier alpha value is -2.43. The van der Waals surface area contributed by atoms with Gasteiger partial charge >= 0.3 is 0 Å². The van der Waals surface area contributed by atoms with E-state index in [4.69, 9.17) is 0 Å². The number of carbonyl (C=O) groups is 1. The predicted molar refractivity (Wildman–Crippen MR) is 82.2 cm³/mol. The molecule has 21 heavy (non-hydrogen) atoms. The molecule has 1 aromatic carbocycles. The summed E-state index contributed by atoms with van der Waals surface area (Å²) in [7, 11) is 1.64. The summed E-state index contributed by atoms with van der Waals surface area (Å²) in [6, 6.07) is 9.28. The third-order valence-electron chi connectivity index (χ3n) is 3.08. The summed E-state index contributed by atoms with van der Waals surface area (Å²) in [6.45, 7) is 2.94. The van der Waals surface area contributed by atoms with Crippen LogP contribution in [-0.4, -0.2) is 24.5 Å². The van der Waals surface area contributed by atoms with Gasteiger partial charge in [-0.2, -0.15) is 0 Å². The van der Waals surface area contributed by atoms with Crippen molar-refractivity contribution in [3.05, 3.63) is 54.1 Å². The van der Waals surface area contributed by atoms with Gasteiger partial charge in [0.25, 0.3) is 5.91 Å². The van der Waals surface area contributed by atoms with E-state index in [1.54, 1.807) is 31.4 Å². The van der Waals surface area contributed by atoms with E-state index in [1.165, 1.54) is 17.0 Å². The number of hydrogen-bond donors (Lipinski definition) is 1. The molecule has 5 heteroatoms. The lowest BCUT2D eigenvalue weighted by Gasteiger charge is -2.17.